The Hall–Kier alpha value is -1.92. The largest absolute Gasteiger partial charge is 0.340 e. The van der Waals surface area contributed by atoms with E-state index in [1.807, 2.05) is 29.2 Å². The number of benzene rings is 1. The quantitative estimate of drug-likeness (QED) is 0.785. The van der Waals surface area contributed by atoms with Crippen molar-refractivity contribution in [2.45, 2.75) is 32.6 Å². The van der Waals surface area contributed by atoms with Crippen LogP contribution in [0.2, 0.25) is 0 Å². The molecular formula is C22H34N4O2. The SMILES string of the molecule is CC(CC(=O)Nc1ccc(CC(=O)N2CCN(C)CC2)cc1)C1CCNCC1. The van der Waals surface area contributed by atoms with Crippen LogP contribution in [0.4, 0.5) is 5.69 Å². The van der Waals surface area contributed by atoms with Crippen LogP contribution in [0.1, 0.15) is 31.7 Å². The lowest BCUT2D eigenvalue weighted by molar-refractivity contribution is -0.132. The van der Waals surface area contributed by atoms with Crippen molar-refractivity contribution in [1.82, 2.24) is 15.1 Å². The summed E-state index contributed by atoms with van der Waals surface area (Å²) in [7, 11) is 2.09. The van der Waals surface area contributed by atoms with Crippen LogP contribution in [0.3, 0.4) is 0 Å². The van der Waals surface area contributed by atoms with Gasteiger partial charge in [0.1, 0.15) is 0 Å². The summed E-state index contributed by atoms with van der Waals surface area (Å²) in [6.07, 6.45) is 3.30. The third-order valence-corrected chi connectivity index (χ3v) is 6.14. The van der Waals surface area contributed by atoms with Crippen molar-refractivity contribution in [1.29, 1.82) is 0 Å². The zero-order valence-corrected chi connectivity index (χ0v) is 17.2. The topological polar surface area (TPSA) is 64.7 Å². The standard InChI is InChI=1S/C22H34N4O2/c1-17(19-7-9-23-10-8-19)15-21(27)24-20-5-3-18(4-6-20)16-22(28)26-13-11-25(2)12-14-26/h3-6,17,19,23H,7-16H2,1-2H3,(H,24,27). The fourth-order valence-electron chi connectivity index (χ4n) is 4.13. The van der Waals surface area contributed by atoms with Gasteiger partial charge in [-0.2, -0.15) is 0 Å². The van der Waals surface area contributed by atoms with Crippen molar-refractivity contribution in [2.24, 2.45) is 11.8 Å². The molecule has 1 atom stereocenters. The molecule has 0 radical (unpaired) electrons. The first-order valence-corrected chi connectivity index (χ1v) is 10.6. The number of likely N-dealkylation sites (N-methyl/N-ethyl adjacent to an activating group) is 1. The second-order valence-corrected chi connectivity index (χ2v) is 8.37. The molecule has 0 aliphatic carbocycles. The number of nitrogens with zero attached hydrogens (tertiary/aromatic N) is 2. The summed E-state index contributed by atoms with van der Waals surface area (Å²) in [6.45, 7) is 7.79. The second kappa shape index (κ2) is 10.0. The van der Waals surface area contributed by atoms with Crippen LogP contribution in [-0.4, -0.2) is 67.9 Å². The molecule has 2 N–H and O–H groups in total. The van der Waals surface area contributed by atoms with E-state index in [1.54, 1.807) is 0 Å². The van der Waals surface area contributed by atoms with Gasteiger partial charge in [-0.15, -0.1) is 0 Å². The molecule has 2 aliphatic heterocycles. The Kier molecular flexibility index (Phi) is 7.45. The van der Waals surface area contributed by atoms with Gasteiger partial charge in [-0.05, 0) is 62.5 Å². The third-order valence-electron chi connectivity index (χ3n) is 6.14. The van der Waals surface area contributed by atoms with Crippen molar-refractivity contribution >= 4 is 17.5 Å². The molecule has 0 spiro atoms. The predicted octanol–water partition coefficient (Wildman–Crippen LogP) is 1.97. The molecule has 6 nitrogen and oxygen atoms in total. The lowest BCUT2D eigenvalue weighted by Crippen LogP contribution is -2.47. The molecule has 2 saturated heterocycles. The number of hydrogen-bond donors (Lipinski definition) is 2. The van der Waals surface area contributed by atoms with Crippen molar-refractivity contribution < 1.29 is 9.59 Å². The molecule has 3 rings (SSSR count). The van der Waals surface area contributed by atoms with Gasteiger partial charge in [0.25, 0.3) is 0 Å². The van der Waals surface area contributed by atoms with E-state index in [0.29, 0.717) is 24.7 Å². The summed E-state index contributed by atoms with van der Waals surface area (Å²) < 4.78 is 0. The number of piperidine rings is 1. The van der Waals surface area contributed by atoms with Crippen LogP contribution in [0.25, 0.3) is 0 Å². The van der Waals surface area contributed by atoms with Gasteiger partial charge in [0.15, 0.2) is 0 Å². The number of carbonyl (C=O) groups excluding carboxylic acids is 2. The second-order valence-electron chi connectivity index (χ2n) is 8.37. The minimum atomic E-state index is 0.0762. The highest BCUT2D eigenvalue weighted by molar-refractivity contribution is 5.91. The van der Waals surface area contributed by atoms with Gasteiger partial charge >= 0.3 is 0 Å². The maximum Gasteiger partial charge on any atom is 0.227 e. The Labute approximate surface area is 168 Å². The van der Waals surface area contributed by atoms with Gasteiger partial charge in [-0.1, -0.05) is 19.1 Å². The zero-order valence-electron chi connectivity index (χ0n) is 17.2. The molecule has 1 aromatic rings. The summed E-state index contributed by atoms with van der Waals surface area (Å²) >= 11 is 0. The van der Waals surface area contributed by atoms with Crippen LogP contribution in [-0.2, 0) is 16.0 Å². The van der Waals surface area contributed by atoms with E-state index in [9.17, 15) is 9.59 Å². The number of carbonyl (C=O) groups is 2. The van der Waals surface area contributed by atoms with E-state index in [2.05, 4.69) is 29.5 Å². The van der Waals surface area contributed by atoms with E-state index in [-0.39, 0.29) is 11.8 Å². The molecule has 0 saturated carbocycles. The van der Waals surface area contributed by atoms with Crippen molar-refractivity contribution in [3.05, 3.63) is 29.8 Å². The van der Waals surface area contributed by atoms with E-state index >= 15 is 0 Å². The predicted molar refractivity (Wildman–Crippen MR) is 112 cm³/mol. The van der Waals surface area contributed by atoms with Gasteiger partial charge in [0, 0.05) is 38.3 Å². The molecule has 2 fully saturated rings. The molecule has 28 heavy (non-hydrogen) atoms. The minimum absolute atomic E-state index is 0.0762. The van der Waals surface area contributed by atoms with Gasteiger partial charge in [-0.25, -0.2) is 0 Å². The highest BCUT2D eigenvalue weighted by Crippen LogP contribution is 2.24. The molecule has 0 aromatic heterocycles. The van der Waals surface area contributed by atoms with Crippen LogP contribution < -0.4 is 10.6 Å². The Balaban J connectivity index is 1.44. The normalized spacial score (nSPS) is 20.0. The number of amides is 2. The molecule has 0 bridgehead atoms. The van der Waals surface area contributed by atoms with E-state index in [4.69, 9.17) is 0 Å². The summed E-state index contributed by atoms with van der Waals surface area (Å²) in [5, 5.41) is 6.38. The Morgan fingerprint density at radius 2 is 1.75 bits per heavy atom. The van der Waals surface area contributed by atoms with Crippen LogP contribution in [0.15, 0.2) is 24.3 Å². The van der Waals surface area contributed by atoms with Crippen molar-refractivity contribution in [2.75, 3.05) is 51.6 Å². The van der Waals surface area contributed by atoms with Gasteiger partial charge < -0.3 is 20.4 Å². The lowest BCUT2D eigenvalue weighted by atomic mass is 9.84. The first kappa shape index (κ1) is 20.8. The molecule has 6 heteroatoms. The summed E-state index contributed by atoms with van der Waals surface area (Å²) in [4.78, 5) is 29.0. The first-order chi connectivity index (χ1) is 13.5. The molecule has 154 valence electrons. The molecule has 2 amide bonds. The third kappa shape index (κ3) is 6.04. The van der Waals surface area contributed by atoms with E-state index in [0.717, 1.165) is 63.4 Å². The Bertz CT molecular complexity index is 647. The molecule has 2 aliphatic rings. The zero-order chi connectivity index (χ0) is 19.9. The monoisotopic (exact) mass is 386 g/mol. The summed E-state index contributed by atoms with van der Waals surface area (Å²) in [5.41, 5.74) is 1.79. The van der Waals surface area contributed by atoms with Crippen molar-refractivity contribution in [3.8, 4) is 0 Å². The highest BCUT2D eigenvalue weighted by Gasteiger charge is 2.22. The lowest BCUT2D eigenvalue weighted by Gasteiger charge is -2.32. The number of rotatable bonds is 6. The fraction of sp³-hybridized carbons (Fsp3) is 0.636. The smallest absolute Gasteiger partial charge is 0.227 e. The molecule has 2 heterocycles. The van der Waals surface area contributed by atoms with E-state index in [1.165, 1.54) is 0 Å². The van der Waals surface area contributed by atoms with Gasteiger partial charge in [0.2, 0.25) is 11.8 Å². The first-order valence-electron chi connectivity index (χ1n) is 10.6. The maximum absolute atomic E-state index is 12.4. The van der Waals surface area contributed by atoms with Gasteiger partial charge in [-0.3, -0.25) is 9.59 Å². The molecular weight excluding hydrogens is 352 g/mol. The summed E-state index contributed by atoms with van der Waals surface area (Å²) in [6, 6.07) is 7.69. The minimum Gasteiger partial charge on any atom is -0.340 e. The molecule has 1 unspecified atom stereocenters. The Morgan fingerprint density at radius 1 is 1.11 bits per heavy atom. The fourth-order valence-corrected chi connectivity index (χ4v) is 4.13. The van der Waals surface area contributed by atoms with Crippen molar-refractivity contribution in [3.63, 3.8) is 0 Å². The van der Waals surface area contributed by atoms with Crippen LogP contribution in [0, 0.1) is 11.8 Å². The number of anilines is 1. The molecule has 1 aromatic carbocycles. The summed E-state index contributed by atoms with van der Waals surface area (Å²) in [5.74, 6) is 1.30. The number of hydrogen-bond acceptors (Lipinski definition) is 4. The number of piperazine rings is 1. The highest BCUT2D eigenvalue weighted by atomic mass is 16.2. The maximum atomic E-state index is 12.4. The van der Waals surface area contributed by atoms with Crippen LogP contribution >= 0.6 is 0 Å². The van der Waals surface area contributed by atoms with E-state index < -0.39 is 0 Å². The average Bonchev–Trinajstić information content (AvgIpc) is 2.70. The Morgan fingerprint density at radius 3 is 2.39 bits per heavy atom. The van der Waals surface area contributed by atoms with Crippen LogP contribution in [0.5, 0.6) is 0 Å². The van der Waals surface area contributed by atoms with Gasteiger partial charge in [0.05, 0.1) is 6.42 Å². The average molecular weight is 387 g/mol. The number of nitrogens with one attached hydrogen (secondary N) is 2.